The summed E-state index contributed by atoms with van der Waals surface area (Å²) in [6, 6.07) is 4.60. The molecule has 0 amide bonds. The van der Waals surface area contributed by atoms with E-state index in [1.54, 1.807) is 0 Å². The van der Waals surface area contributed by atoms with Gasteiger partial charge in [-0.15, -0.1) is 11.8 Å². The van der Waals surface area contributed by atoms with E-state index in [4.69, 9.17) is 0 Å². The average Bonchev–Trinajstić information content (AvgIpc) is 2.36. The van der Waals surface area contributed by atoms with Crippen LogP contribution in [0.5, 0.6) is 0 Å². The van der Waals surface area contributed by atoms with Crippen LogP contribution >= 0.6 is 11.8 Å². The van der Waals surface area contributed by atoms with Crippen molar-refractivity contribution in [2.45, 2.75) is 57.4 Å². The second kappa shape index (κ2) is 7.80. The van der Waals surface area contributed by atoms with Gasteiger partial charge in [-0.2, -0.15) is 0 Å². The highest BCUT2D eigenvalue weighted by Crippen LogP contribution is 2.31. The van der Waals surface area contributed by atoms with Gasteiger partial charge in [0.1, 0.15) is 5.03 Å². The number of hydrogen-bond donors (Lipinski definition) is 1. The molecule has 2 atom stereocenters. The van der Waals surface area contributed by atoms with Crippen molar-refractivity contribution < 1.29 is 0 Å². The molecule has 0 saturated carbocycles. The minimum atomic E-state index is 0.375. The fourth-order valence-electron chi connectivity index (χ4n) is 1.61. The Morgan fingerprint density at radius 3 is 2.61 bits per heavy atom. The standard InChI is InChI=1S/C15H26N2S/c1-6-9-16-12(4)14-8-7-10-17-15(14)18-13(5)11(2)3/h7-8,10-13,16H,6,9H2,1-5H3. The lowest BCUT2D eigenvalue weighted by atomic mass is 10.1. The van der Waals surface area contributed by atoms with Crippen molar-refractivity contribution in [1.82, 2.24) is 10.3 Å². The Kier molecular flexibility index (Phi) is 6.72. The van der Waals surface area contributed by atoms with E-state index in [-0.39, 0.29) is 0 Å². The van der Waals surface area contributed by atoms with Gasteiger partial charge < -0.3 is 5.32 Å². The van der Waals surface area contributed by atoms with Gasteiger partial charge in [0.05, 0.1) is 0 Å². The first-order valence-electron chi connectivity index (χ1n) is 6.91. The largest absolute Gasteiger partial charge is 0.310 e. The zero-order valence-corrected chi connectivity index (χ0v) is 13.1. The Hall–Kier alpha value is -0.540. The van der Waals surface area contributed by atoms with Crippen LogP contribution < -0.4 is 5.32 Å². The van der Waals surface area contributed by atoms with Gasteiger partial charge in [-0.05, 0) is 31.9 Å². The first-order chi connectivity index (χ1) is 8.56. The molecular formula is C15H26N2S. The third-order valence-corrected chi connectivity index (χ3v) is 4.68. The molecule has 0 radical (unpaired) electrons. The van der Waals surface area contributed by atoms with Crippen molar-refractivity contribution in [3.63, 3.8) is 0 Å². The van der Waals surface area contributed by atoms with E-state index < -0.39 is 0 Å². The molecule has 2 nitrogen and oxygen atoms in total. The van der Waals surface area contributed by atoms with Crippen molar-refractivity contribution >= 4 is 11.8 Å². The van der Waals surface area contributed by atoms with Crippen LogP contribution in [0, 0.1) is 5.92 Å². The van der Waals surface area contributed by atoms with Crippen molar-refractivity contribution in [2.75, 3.05) is 6.54 Å². The fourth-order valence-corrected chi connectivity index (χ4v) is 2.74. The number of rotatable bonds is 7. The molecule has 1 aromatic rings. The lowest BCUT2D eigenvalue weighted by molar-refractivity contribution is 0.559. The van der Waals surface area contributed by atoms with Gasteiger partial charge >= 0.3 is 0 Å². The normalized spacial score (nSPS) is 14.8. The maximum Gasteiger partial charge on any atom is 0.101 e. The van der Waals surface area contributed by atoms with E-state index in [0.29, 0.717) is 17.2 Å². The van der Waals surface area contributed by atoms with Crippen LogP contribution in [-0.2, 0) is 0 Å². The minimum Gasteiger partial charge on any atom is -0.310 e. The smallest absolute Gasteiger partial charge is 0.101 e. The maximum absolute atomic E-state index is 4.55. The number of nitrogens with zero attached hydrogens (tertiary/aromatic N) is 1. The molecule has 102 valence electrons. The van der Waals surface area contributed by atoms with E-state index in [9.17, 15) is 0 Å². The summed E-state index contributed by atoms with van der Waals surface area (Å²) in [6.07, 6.45) is 3.06. The van der Waals surface area contributed by atoms with E-state index in [1.165, 1.54) is 10.6 Å². The van der Waals surface area contributed by atoms with Gasteiger partial charge in [0.15, 0.2) is 0 Å². The monoisotopic (exact) mass is 266 g/mol. The first kappa shape index (κ1) is 15.5. The van der Waals surface area contributed by atoms with Crippen LogP contribution in [0.15, 0.2) is 23.4 Å². The fraction of sp³-hybridized carbons (Fsp3) is 0.667. The highest BCUT2D eigenvalue weighted by Gasteiger charge is 2.15. The van der Waals surface area contributed by atoms with Gasteiger partial charge in [0, 0.05) is 23.1 Å². The molecule has 1 heterocycles. The topological polar surface area (TPSA) is 24.9 Å². The lowest BCUT2D eigenvalue weighted by Crippen LogP contribution is -2.20. The lowest BCUT2D eigenvalue weighted by Gasteiger charge is -2.20. The molecule has 2 unspecified atom stereocenters. The van der Waals surface area contributed by atoms with Crippen LogP contribution in [-0.4, -0.2) is 16.8 Å². The Bertz CT molecular complexity index is 352. The highest BCUT2D eigenvalue weighted by atomic mass is 32.2. The summed E-state index contributed by atoms with van der Waals surface area (Å²) in [6.45, 7) is 12.3. The molecule has 0 aliphatic rings. The Morgan fingerprint density at radius 2 is 2.00 bits per heavy atom. The Morgan fingerprint density at radius 1 is 1.28 bits per heavy atom. The zero-order valence-electron chi connectivity index (χ0n) is 12.2. The SMILES string of the molecule is CCCNC(C)c1cccnc1SC(C)C(C)C. The molecule has 0 aliphatic heterocycles. The molecule has 0 aliphatic carbocycles. The van der Waals surface area contributed by atoms with Crippen molar-refractivity contribution in [2.24, 2.45) is 5.92 Å². The second-order valence-corrected chi connectivity index (χ2v) is 6.51. The molecule has 0 bridgehead atoms. The Labute approximate surface area is 116 Å². The van der Waals surface area contributed by atoms with Crippen molar-refractivity contribution in [1.29, 1.82) is 0 Å². The molecule has 0 saturated heterocycles. The highest BCUT2D eigenvalue weighted by molar-refractivity contribution is 7.99. The number of thioether (sulfide) groups is 1. The summed E-state index contributed by atoms with van der Waals surface area (Å²) in [4.78, 5) is 4.55. The van der Waals surface area contributed by atoms with Gasteiger partial charge in [0.25, 0.3) is 0 Å². The van der Waals surface area contributed by atoms with E-state index in [0.717, 1.165) is 13.0 Å². The molecule has 0 spiro atoms. The van der Waals surface area contributed by atoms with E-state index in [2.05, 4.69) is 51.0 Å². The first-order valence-corrected chi connectivity index (χ1v) is 7.79. The van der Waals surface area contributed by atoms with Crippen LogP contribution in [0.25, 0.3) is 0 Å². The van der Waals surface area contributed by atoms with Crippen LogP contribution in [0.2, 0.25) is 0 Å². The third-order valence-electron chi connectivity index (χ3n) is 3.20. The maximum atomic E-state index is 4.55. The van der Waals surface area contributed by atoms with Crippen LogP contribution in [0.3, 0.4) is 0 Å². The molecule has 1 aromatic heterocycles. The third kappa shape index (κ3) is 4.62. The quantitative estimate of drug-likeness (QED) is 0.746. The number of nitrogens with one attached hydrogen (secondary N) is 1. The average molecular weight is 266 g/mol. The second-order valence-electron chi connectivity index (χ2n) is 5.14. The summed E-state index contributed by atoms with van der Waals surface area (Å²) in [7, 11) is 0. The summed E-state index contributed by atoms with van der Waals surface area (Å²) in [5, 5.41) is 5.31. The van der Waals surface area contributed by atoms with Gasteiger partial charge in [-0.1, -0.05) is 33.8 Å². The molecule has 18 heavy (non-hydrogen) atoms. The van der Waals surface area contributed by atoms with E-state index in [1.807, 2.05) is 24.0 Å². The van der Waals surface area contributed by atoms with Crippen molar-refractivity contribution in [3.8, 4) is 0 Å². The van der Waals surface area contributed by atoms with Gasteiger partial charge in [-0.25, -0.2) is 4.98 Å². The predicted octanol–water partition coefficient (Wildman–Crippen LogP) is 4.28. The summed E-state index contributed by atoms with van der Waals surface area (Å²) >= 11 is 1.89. The molecule has 1 rings (SSSR count). The van der Waals surface area contributed by atoms with Crippen LogP contribution in [0.4, 0.5) is 0 Å². The summed E-state index contributed by atoms with van der Waals surface area (Å²) in [5.74, 6) is 0.670. The van der Waals surface area contributed by atoms with Crippen molar-refractivity contribution in [3.05, 3.63) is 23.9 Å². The van der Waals surface area contributed by atoms with Gasteiger partial charge in [0.2, 0.25) is 0 Å². The predicted molar refractivity (Wildman–Crippen MR) is 81.1 cm³/mol. The molecule has 0 aromatic carbocycles. The van der Waals surface area contributed by atoms with Gasteiger partial charge in [-0.3, -0.25) is 0 Å². The molecule has 0 fully saturated rings. The Balaban J connectivity index is 2.78. The number of hydrogen-bond acceptors (Lipinski definition) is 3. The minimum absolute atomic E-state index is 0.375. The molecule has 1 N–H and O–H groups in total. The van der Waals surface area contributed by atoms with E-state index >= 15 is 0 Å². The molecular weight excluding hydrogens is 240 g/mol. The summed E-state index contributed by atoms with van der Waals surface area (Å²) in [5.41, 5.74) is 1.32. The van der Waals surface area contributed by atoms with Crippen LogP contribution in [0.1, 0.15) is 52.6 Å². The number of aromatic nitrogens is 1. The zero-order chi connectivity index (χ0) is 13.5. The number of pyridine rings is 1. The molecule has 3 heteroatoms. The summed E-state index contributed by atoms with van der Waals surface area (Å²) < 4.78 is 0.